The van der Waals surface area contributed by atoms with Gasteiger partial charge in [-0.15, -0.1) is 0 Å². The van der Waals surface area contributed by atoms with Crippen molar-refractivity contribution in [2.24, 2.45) is 0 Å². The first-order valence-electron chi connectivity index (χ1n) is 13.0. The minimum absolute atomic E-state index is 0.115. The van der Waals surface area contributed by atoms with Gasteiger partial charge < -0.3 is 14.2 Å². The van der Waals surface area contributed by atoms with E-state index in [9.17, 15) is 0 Å². The average molecular weight is 455 g/mol. The van der Waals surface area contributed by atoms with E-state index in [1.165, 1.54) is 38.5 Å². The Morgan fingerprint density at radius 2 is 1.00 bits per heavy atom. The summed E-state index contributed by atoms with van der Waals surface area (Å²) in [7, 11) is 0. The lowest BCUT2D eigenvalue weighted by Crippen LogP contribution is -2.40. The Hall–Kier alpha value is -2.46. The van der Waals surface area contributed by atoms with Crippen molar-refractivity contribution in [3.8, 4) is 0 Å². The third-order valence-corrected chi connectivity index (χ3v) is 7.75. The van der Waals surface area contributed by atoms with Crippen molar-refractivity contribution in [3.63, 3.8) is 0 Å². The summed E-state index contributed by atoms with van der Waals surface area (Å²) in [6.07, 6.45) is 11.0. The number of rotatable bonds is 5. The first-order valence-corrected chi connectivity index (χ1v) is 13.0. The molecule has 7 rings (SSSR count). The molecule has 4 aliphatic rings. The molecule has 2 aliphatic carbocycles. The number of hydrogen-bond acceptors (Lipinski definition) is 3. The maximum atomic E-state index is 7.07. The highest BCUT2D eigenvalue weighted by atomic mass is 16.6. The number of fused-ring (bicyclic) bond motifs is 2. The molecule has 2 saturated heterocycles. The molecule has 34 heavy (non-hydrogen) atoms. The van der Waals surface area contributed by atoms with Crippen LogP contribution in [0, 0.1) is 0 Å². The van der Waals surface area contributed by atoms with Crippen LogP contribution in [0.1, 0.15) is 61.6 Å². The molecular formula is C31H34O3. The van der Waals surface area contributed by atoms with Crippen molar-refractivity contribution in [1.29, 1.82) is 0 Å². The van der Waals surface area contributed by atoms with E-state index in [4.69, 9.17) is 14.2 Å². The fourth-order valence-corrected chi connectivity index (χ4v) is 5.85. The first kappa shape index (κ1) is 22.0. The van der Waals surface area contributed by atoms with Crippen molar-refractivity contribution in [1.82, 2.24) is 0 Å². The van der Waals surface area contributed by atoms with Gasteiger partial charge in [0.15, 0.2) is 0 Å². The Kier molecular flexibility index (Phi) is 6.26. The van der Waals surface area contributed by atoms with E-state index in [1.807, 2.05) is 0 Å². The first-order chi connectivity index (χ1) is 16.8. The molecule has 0 aromatic heterocycles. The van der Waals surface area contributed by atoms with Gasteiger partial charge in [-0.2, -0.15) is 0 Å². The Balaban J connectivity index is 0.000000263. The van der Waals surface area contributed by atoms with E-state index in [2.05, 4.69) is 91.0 Å². The van der Waals surface area contributed by atoms with Crippen LogP contribution in [0.2, 0.25) is 0 Å². The highest BCUT2D eigenvalue weighted by molar-refractivity contribution is 5.47. The van der Waals surface area contributed by atoms with Gasteiger partial charge in [0, 0.05) is 0 Å². The zero-order valence-electron chi connectivity index (χ0n) is 19.7. The molecule has 3 heteroatoms. The molecule has 4 fully saturated rings. The maximum Gasteiger partial charge on any atom is 0.144 e. The smallest absolute Gasteiger partial charge is 0.144 e. The molecular weight excluding hydrogens is 420 g/mol. The summed E-state index contributed by atoms with van der Waals surface area (Å²) < 4.78 is 18.3. The predicted molar refractivity (Wildman–Crippen MR) is 134 cm³/mol. The lowest BCUT2D eigenvalue weighted by atomic mass is 9.79. The summed E-state index contributed by atoms with van der Waals surface area (Å²) in [5, 5.41) is 0. The molecule has 2 heterocycles. The molecule has 0 amide bonds. The molecule has 0 N–H and O–H groups in total. The van der Waals surface area contributed by atoms with Crippen LogP contribution in [-0.2, 0) is 19.8 Å². The number of ether oxygens (including phenoxy) is 3. The Morgan fingerprint density at radius 1 is 0.529 bits per heavy atom. The molecule has 2 aliphatic heterocycles. The largest absolute Gasteiger partial charge is 0.370 e. The Labute approximate surface area is 203 Å². The highest BCUT2D eigenvalue weighted by Gasteiger charge is 2.51. The molecule has 0 spiro atoms. The fraction of sp³-hybridized carbons (Fsp3) is 0.419. The van der Waals surface area contributed by atoms with E-state index >= 15 is 0 Å². The molecule has 0 bridgehead atoms. The van der Waals surface area contributed by atoms with Crippen molar-refractivity contribution in [2.45, 2.75) is 81.1 Å². The molecule has 0 radical (unpaired) electrons. The molecule has 3 nitrogen and oxygen atoms in total. The van der Waals surface area contributed by atoms with Gasteiger partial charge in [0.1, 0.15) is 11.7 Å². The zero-order valence-corrected chi connectivity index (χ0v) is 19.7. The second kappa shape index (κ2) is 9.65. The van der Waals surface area contributed by atoms with Crippen LogP contribution >= 0.6 is 0 Å². The second-order valence-electron chi connectivity index (χ2n) is 10.0. The third-order valence-electron chi connectivity index (χ3n) is 7.75. The van der Waals surface area contributed by atoms with Crippen molar-refractivity contribution >= 4 is 0 Å². The molecule has 176 valence electrons. The van der Waals surface area contributed by atoms with Gasteiger partial charge in [-0.05, 0) is 48.8 Å². The maximum absolute atomic E-state index is 7.07. The summed E-state index contributed by atoms with van der Waals surface area (Å²) in [5.74, 6) is 0. The quantitative estimate of drug-likeness (QED) is 0.320. The summed E-state index contributed by atoms with van der Waals surface area (Å²) in [5.41, 5.74) is 2.84. The monoisotopic (exact) mass is 454 g/mol. The predicted octanol–water partition coefficient (Wildman–Crippen LogP) is 6.64. The molecule has 3 aromatic rings. The van der Waals surface area contributed by atoms with E-state index in [0.717, 1.165) is 23.1 Å². The van der Waals surface area contributed by atoms with Gasteiger partial charge >= 0.3 is 0 Å². The topological polar surface area (TPSA) is 34.3 Å². The van der Waals surface area contributed by atoms with E-state index < -0.39 is 5.60 Å². The number of epoxide rings is 2. The van der Waals surface area contributed by atoms with Crippen LogP contribution in [0.3, 0.4) is 0 Å². The van der Waals surface area contributed by atoms with Gasteiger partial charge in [0.2, 0.25) is 0 Å². The lowest BCUT2D eigenvalue weighted by Gasteiger charge is -2.39. The van der Waals surface area contributed by atoms with Crippen molar-refractivity contribution < 1.29 is 14.2 Å². The number of benzene rings is 3. The second-order valence-corrected chi connectivity index (χ2v) is 10.0. The molecule has 2 unspecified atom stereocenters. The molecule has 5 atom stereocenters. The van der Waals surface area contributed by atoms with Crippen molar-refractivity contribution in [3.05, 3.63) is 108 Å². The zero-order chi connectivity index (χ0) is 22.8. The summed E-state index contributed by atoms with van der Waals surface area (Å²) >= 11 is 0. The minimum atomic E-state index is -0.637. The summed E-state index contributed by atoms with van der Waals surface area (Å²) in [4.78, 5) is 0. The van der Waals surface area contributed by atoms with Gasteiger partial charge in [-0.1, -0.05) is 104 Å². The third kappa shape index (κ3) is 4.45. The summed E-state index contributed by atoms with van der Waals surface area (Å²) in [6, 6.07) is 31.8. The Bertz CT molecular complexity index is 945. The lowest BCUT2D eigenvalue weighted by molar-refractivity contribution is -0.0646. The van der Waals surface area contributed by atoms with Crippen LogP contribution in [0.5, 0.6) is 0 Å². The van der Waals surface area contributed by atoms with Crippen LogP contribution < -0.4 is 0 Å². The summed E-state index contributed by atoms with van der Waals surface area (Å²) in [6.45, 7) is 0. The molecule has 3 aromatic carbocycles. The van der Waals surface area contributed by atoms with Crippen LogP contribution in [0.15, 0.2) is 91.0 Å². The highest BCUT2D eigenvalue weighted by Crippen LogP contribution is 2.46. The van der Waals surface area contributed by atoms with Gasteiger partial charge in [0.25, 0.3) is 0 Å². The standard InChI is InChI=1S/C25H24O2.C6H10O/c1-4-11-19(12-5-1)25(20-13-6-2-7-14-20,21-15-8-3-9-16-21)27-23-18-10-17-22-24(23)26-22;1-2-4-6-5(3-1)7-6/h1-9,11-16,22-24H,10,17-18H2;5-6H,1-4H2/t22-,23-,24-;/m1./s1. The molecule has 2 saturated carbocycles. The van der Waals surface area contributed by atoms with Crippen LogP contribution in [0.4, 0.5) is 0 Å². The van der Waals surface area contributed by atoms with Gasteiger partial charge in [0.05, 0.1) is 24.4 Å². The normalized spacial score (nSPS) is 29.1. The van der Waals surface area contributed by atoms with Crippen LogP contribution in [-0.4, -0.2) is 30.5 Å². The van der Waals surface area contributed by atoms with Crippen LogP contribution in [0.25, 0.3) is 0 Å². The Morgan fingerprint density at radius 3 is 1.47 bits per heavy atom. The van der Waals surface area contributed by atoms with Crippen molar-refractivity contribution in [2.75, 3.05) is 0 Å². The van der Waals surface area contributed by atoms with E-state index in [1.54, 1.807) is 0 Å². The van der Waals surface area contributed by atoms with Gasteiger partial charge in [-0.25, -0.2) is 0 Å². The minimum Gasteiger partial charge on any atom is -0.370 e. The van der Waals surface area contributed by atoms with Gasteiger partial charge in [-0.3, -0.25) is 0 Å². The van der Waals surface area contributed by atoms with E-state index in [0.29, 0.717) is 18.3 Å². The fourth-order valence-electron chi connectivity index (χ4n) is 5.85. The van der Waals surface area contributed by atoms with E-state index in [-0.39, 0.29) is 12.2 Å². The average Bonchev–Trinajstić information content (AvgIpc) is 3.84. The number of hydrogen-bond donors (Lipinski definition) is 0. The SMILES string of the molecule is C1CCC2OC2C1.c1ccc(C(O[C@@H]2CCC[C@H]3O[C@H]32)(c2ccccc2)c2ccccc2)cc1.